The predicted molar refractivity (Wildman–Crippen MR) is 94.8 cm³/mol. The van der Waals surface area contributed by atoms with Gasteiger partial charge in [0.1, 0.15) is 11.5 Å². The second kappa shape index (κ2) is 9.11. The fraction of sp³-hybridized carbons (Fsp3) is 0.500. The average molecular weight is 378 g/mol. The Bertz CT molecular complexity index is 734. The first-order valence-corrected chi connectivity index (χ1v) is 8.54. The first-order valence-electron chi connectivity index (χ1n) is 8.54. The van der Waals surface area contributed by atoms with Crippen molar-refractivity contribution in [2.24, 2.45) is 17.8 Å². The van der Waals surface area contributed by atoms with E-state index >= 15 is 0 Å². The second-order valence-corrected chi connectivity index (χ2v) is 6.58. The Kier molecular flexibility index (Phi) is 6.86. The lowest BCUT2D eigenvalue weighted by Crippen LogP contribution is -2.28. The van der Waals surface area contributed by atoms with E-state index in [1.165, 1.54) is 7.11 Å². The Morgan fingerprint density at radius 1 is 1.37 bits per heavy atom. The Morgan fingerprint density at radius 3 is 2.78 bits per heavy atom. The number of anilines is 1. The molecule has 0 spiro atoms. The molecule has 0 saturated heterocycles. The molecule has 9 nitrogen and oxygen atoms in total. The van der Waals surface area contributed by atoms with Gasteiger partial charge in [0.15, 0.2) is 6.61 Å². The molecule has 1 aliphatic rings. The maximum Gasteiger partial charge on any atom is 0.307 e. The van der Waals surface area contributed by atoms with Crippen LogP contribution in [0.15, 0.2) is 24.3 Å². The lowest BCUT2D eigenvalue weighted by atomic mass is 9.88. The lowest BCUT2D eigenvalue weighted by Gasteiger charge is -2.17. The van der Waals surface area contributed by atoms with Gasteiger partial charge in [-0.25, -0.2) is 0 Å². The molecule has 1 N–H and O–H groups in total. The van der Waals surface area contributed by atoms with Gasteiger partial charge in [-0.05, 0) is 18.1 Å². The smallest absolute Gasteiger partial charge is 0.307 e. The molecule has 1 saturated carbocycles. The number of carbonyl (C=O) groups excluding carboxylic acids is 3. The number of rotatable bonds is 8. The fourth-order valence-corrected chi connectivity index (χ4v) is 3.28. The normalized spacial score (nSPS) is 21.6. The van der Waals surface area contributed by atoms with Crippen LogP contribution in [0.1, 0.15) is 19.8 Å². The van der Waals surface area contributed by atoms with Crippen LogP contribution in [0, 0.1) is 27.9 Å². The minimum Gasteiger partial charge on any atom is -0.497 e. The third-order valence-electron chi connectivity index (χ3n) is 4.65. The maximum absolute atomic E-state index is 12.0. The zero-order valence-electron chi connectivity index (χ0n) is 15.2. The third-order valence-corrected chi connectivity index (χ3v) is 4.65. The van der Waals surface area contributed by atoms with Gasteiger partial charge in [-0.2, -0.15) is 0 Å². The summed E-state index contributed by atoms with van der Waals surface area (Å²) in [4.78, 5) is 46.2. The van der Waals surface area contributed by atoms with Crippen LogP contribution in [0.5, 0.6) is 5.75 Å². The highest BCUT2D eigenvalue weighted by atomic mass is 16.6. The highest BCUT2D eigenvalue weighted by molar-refractivity contribution is 5.93. The molecule has 0 radical (unpaired) electrons. The molecule has 1 amide bonds. The van der Waals surface area contributed by atoms with Gasteiger partial charge in [-0.15, -0.1) is 0 Å². The zero-order valence-corrected chi connectivity index (χ0v) is 15.2. The molecule has 1 aliphatic carbocycles. The van der Waals surface area contributed by atoms with E-state index in [4.69, 9.17) is 9.47 Å². The topological polar surface area (TPSA) is 125 Å². The number of carbonyl (C=O) groups is 3. The van der Waals surface area contributed by atoms with Crippen LogP contribution >= 0.6 is 0 Å². The third kappa shape index (κ3) is 5.77. The molecule has 0 heterocycles. The van der Waals surface area contributed by atoms with E-state index in [1.807, 2.05) is 0 Å². The van der Waals surface area contributed by atoms with Crippen molar-refractivity contribution < 1.29 is 28.8 Å². The highest BCUT2D eigenvalue weighted by Gasteiger charge is 2.44. The zero-order chi connectivity index (χ0) is 20.0. The monoisotopic (exact) mass is 378 g/mol. The van der Waals surface area contributed by atoms with E-state index in [9.17, 15) is 24.5 Å². The SMILES string of the molecule is COc1cccc(NC(=O)COC(=O)C[C@H]2C(=O)C[C@H](C)[C@H]2C[N+](=O)[O-])c1. The molecular formula is C18H22N2O7. The molecule has 9 heteroatoms. The van der Waals surface area contributed by atoms with E-state index in [1.54, 1.807) is 31.2 Å². The second-order valence-electron chi connectivity index (χ2n) is 6.58. The predicted octanol–water partition coefficient (Wildman–Crippen LogP) is 1.69. The van der Waals surface area contributed by atoms with Crippen molar-refractivity contribution in [3.63, 3.8) is 0 Å². The van der Waals surface area contributed by atoms with Crippen LogP contribution in [0.4, 0.5) is 5.69 Å². The van der Waals surface area contributed by atoms with Crippen LogP contribution in [0.25, 0.3) is 0 Å². The number of amides is 1. The van der Waals surface area contributed by atoms with E-state index in [2.05, 4.69) is 5.32 Å². The molecule has 2 rings (SSSR count). The first kappa shape index (κ1) is 20.3. The van der Waals surface area contributed by atoms with Crippen LogP contribution < -0.4 is 10.1 Å². The van der Waals surface area contributed by atoms with Gasteiger partial charge in [0, 0.05) is 34.9 Å². The molecule has 1 fully saturated rings. The van der Waals surface area contributed by atoms with Gasteiger partial charge in [-0.3, -0.25) is 24.5 Å². The molecule has 0 unspecified atom stereocenters. The summed E-state index contributed by atoms with van der Waals surface area (Å²) in [5, 5.41) is 13.4. The van der Waals surface area contributed by atoms with E-state index in [0.717, 1.165) is 0 Å². The number of benzene rings is 1. The average Bonchev–Trinajstić information content (AvgIpc) is 2.86. The summed E-state index contributed by atoms with van der Waals surface area (Å²) in [6, 6.07) is 6.68. The van der Waals surface area contributed by atoms with Crippen LogP contribution in [0.2, 0.25) is 0 Å². The van der Waals surface area contributed by atoms with Gasteiger partial charge < -0.3 is 14.8 Å². The van der Waals surface area contributed by atoms with Crippen molar-refractivity contribution in [2.75, 3.05) is 25.6 Å². The molecule has 1 aromatic rings. The van der Waals surface area contributed by atoms with E-state index < -0.39 is 35.2 Å². The number of nitro groups is 1. The number of ketones is 1. The standard InChI is InChI=1S/C18H22N2O7/c1-11-6-16(21)14(15(11)9-20(24)25)8-18(23)27-10-17(22)19-12-4-3-5-13(7-12)26-2/h3-5,7,11,14-15H,6,8-10H2,1-2H3,(H,19,22)/t11-,14+,15+/m0/s1. The highest BCUT2D eigenvalue weighted by Crippen LogP contribution is 2.36. The number of esters is 1. The van der Waals surface area contributed by atoms with Crippen molar-refractivity contribution in [2.45, 2.75) is 19.8 Å². The van der Waals surface area contributed by atoms with Crippen LogP contribution in [0.3, 0.4) is 0 Å². The van der Waals surface area contributed by atoms with Gasteiger partial charge in [0.25, 0.3) is 5.91 Å². The lowest BCUT2D eigenvalue weighted by molar-refractivity contribution is -0.490. The molecule has 146 valence electrons. The maximum atomic E-state index is 12.0. The molecule has 3 atom stereocenters. The van der Waals surface area contributed by atoms with Gasteiger partial charge in [0.05, 0.1) is 13.5 Å². The number of hydrogen-bond acceptors (Lipinski definition) is 7. The van der Waals surface area contributed by atoms with Crippen molar-refractivity contribution in [3.05, 3.63) is 34.4 Å². The molecule has 0 bridgehead atoms. The van der Waals surface area contributed by atoms with E-state index in [0.29, 0.717) is 11.4 Å². The summed E-state index contributed by atoms with van der Waals surface area (Å²) in [6.07, 6.45) is -0.0408. The first-order chi connectivity index (χ1) is 12.8. The quantitative estimate of drug-likeness (QED) is 0.414. The molecule has 1 aromatic carbocycles. The van der Waals surface area contributed by atoms with Crippen LogP contribution in [-0.2, 0) is 19.1 Å². The molecule has 27 heavy (non-hydrogen) atoms. The number of nitrogens with one attached hydrogen (secondary N) is 1. The summed E-state index contributed by atoms with van der Waals surface area (Å²) in [6.45, 7) is 0.895. The summed E-state index contributed by atoms with van der Waals surface area (Å²) in [7, 11) is 1.50. The summed E-state index contributed by atoms with van der Waals surface area (Å²) in [5.41, 5.74) is 0.487. The molecule has 0 aromatic heterocycles. The summed E-state index contributed by atoms with van der Waals surface area (Å²) < 4.78 is 9.98. The van der Waals surface area contributed by atoms with Crippen molar-refractivity contribution in [1.29, 1.82) is 0 Å². The Hall–Kier alpha value is -2.97. The molecular weight excluding hydrogens is 356 g/mol. The van der Waals surface area contributed by atoms with E-state index in [-0.39, 0.29) is 31.1 Å². The summed E-state index contributed by atoms with van der Waals surface area (Å²) >= 11 is 0. The van der Waals surface area contributed by atoms with Crippen molar-refractivity contribution in [1.82, 2.24) is 0 Å². The summed E-state index contributed by atoms with van der Waals surface area (Å²) in [5.74, 6) is -2.26. The number of methoxy groups -OCH3 is 1. The number of nitrogens with zero attached hydrogens (tertiary/aromatic N) is 1. The number of hydrogen-bond donors (Lipinski definition) is 1. The minimum absolute atomic E-state index is 0.156. The largest absolute Gasteiger partial charge is 0.497 e. The molecule has 0 aliphatic heterocycles. The van der Waals surface area contributed by atoms with Gasteiger partial charge in [-0.1, -0.05) is 13.0 Å². The number of Topliss-reactive ketones (excluding diaryl/α,β-unsaturated/α-hetero) is 1. The fourth-order valence-electron chi connectivity index (χ4n) is 3.28. The van der Waals surface area contributed by atoms with Gasteiger partial charge in [0.2, 0.25) is 6.54 Å². The van der Waals surface area contributed by atoms with Crippen LogP contribution in [-0.4, -0.2) is 42.8 Å². The van der Waals surface area contributed by atoms with Gasteiger partial charge >= 0.3 is 5.97 Å². The number of ether oxygens (including phenoxy) is 2. The van der Waals surface area contributed by atoms with Crippen molar-refractivity contribution >= 4 is 23.3 Å². The Labute approximate surface area is 156 Å². The minimum atomic E-state index is -0.737. The Balaban J connectivity index is 1.84. The Morgan fingerprint density at radius 2 is 2.11 bits per heavy atom. The van der Waals surface area contributed by atoms with Crippen molar-refractivity contribution in [3.8, 4) is 5.75 Å².